The molecule has 0 radical (unpaired) electrons. The Bertz CT molecular complexity index is 1280. The molecule has 35 heavy (non-hydrogen) atoms. The highest BCUT2D eigenvalue weighted by molar-refractivity contribution is 7.91. The fraction of sp³-hybridized carbons (Fsp3) is 0.370. The van der Waals surface area contributed by atoms with E-state index in [2.05, 4.69) is 36.9 Å². The van der Waals surface area contributed by atoms with E-state index in [1.54, 1.807) is 17.5 Å². The van der Waals surface area contributed by atoms with E-state index in [1.807, 2.05) is 35.2 Å². The summed E-state index contributed by atoms with van der Waals surface area (Å²) < 4.78 is 28.4. The van der Waals surface area contributed by atoms with Crippen LogP contribution in [-0.4, -0.2) is 62.8 Å². The van der Waals surface area contributed by atoms with Crippen molar-refractivity contribution in [3.63, 3.8) is 0 Å². The minimum atomic E-state index is -3.61. The van der Waals surface area contributed by atoms with Crippen LogP contribution in [0.1, 0.15) is 22.6 Å². The van der Waals surface area contributed by atoms with Crippen LogP contribution >= 0.6 is 11.3 Å². The molecule has 6 nitrogen and oxygen atoms in total. The highest BCUT2D eigenvalue weighted by atomic mass is 32.2. The average molecular weight is 510 g/mol. The number of carbonyl (C=O) groups excluding carboxylic acids is 1. The zero-order valence-corrected chi connectivity index (χ0v) is 21.8. The number of hydrogen-bond donors (Lipinski definition) is 0. The molecule has 0 bridgehead atoms. The van der Waals surface area contributed by atoms with E-state index in [4.69, 9.17) is 0 Å². The third kappa shape index (κ3) is 4.75. The van der Waals surface area contributed by atoms with Gasteiger partial charge in [0.25, 0.3) is 10.0 Å². The molecule has 2 aromatic carbocycles. The number of thiophene rings is 1. The van der Waals surface area contributed by atoms with Gasteiger partial charge in [0.2, 0.25) is 5.91 Å². The SMILES string of the molecule is Cc1ccc(C)c(N2CCN(C(=O)[C@H]3CN(S(=O)(=O)c4cccs4)C[C@H]3c3ccccc3)CC2)c1. The van der Waals surface area contributed by atoms with Gasteiger partial charge in [0.05, 0.1) is 5.92 Å². The van der Waals surface area contributed by atoms with Crippen molar-refractivity contribution in [3.05, 3.63) is 82.7 Å². The largest absolute Gasteiger partial charge is 0.368 e. The third-order valence-corrected chi connectivity index (χ3v) is 10.4. The summed E-state index contributed by atoms with van der Waals surface area (Å²) in [6.45, 7) is 7.59. The number of carbonyl (C=O) groups is 1. The molecule has 0 saturated carbocycles. The zero-order chi connectivity index (χ0) is 24.6. The van der Waals surface area contributed by atoms with E-state index < -0.39 is 10.0 Å². The van der Waals surface area contributed by atoms with E-state index in [9.17, 15) is 13.2 Å². The fourth-order valence-electron chi connectivity index (χ4n) is 5.25. The van der Waals surface area contributed by atoms with Gasteiger partial charge >= 0.3 is 0 Å². The molecule has 0 N–H and O–H groups in total. The van der Waals surface area contributed by atoms with Crippen LogP contribution in [0.3, 0.4) is 0 Å². The number of rotatable bonds is 5. The summed E-state index contributed by atoms with van der Waals surface area (Å²) in [7, 11) is -3.61. The molecule has 8 heteroatoms. The Balaban J connectivity index is 1.35. The maximum atomic E-state index is 13.8. The first-order valence-electron chi connectivity index (χ1n) is 12.0. The van der Waals surface area contributed by atoms with Crippen LogP contribution in [-0.2, 0) is 14.8 Å². The summed E-state index contributed by atoms with van der Waals surface area (Å²) in [5, 5.41) is 1.77. The Labute approximate surface area is 211 Å². The summed E-state index contributed by atoms with van der Waals surface area (Å²) in [4.78, 5) is 18.1. The molecule has 0 spiro atoms. The van der Waals surface area contributed by atoms with Crippen molar-refractivity contribution in [3.8, 4) is 0 Å². The topological polar surface area (TPSA) is 60.9 Å². The van der Waals surface area contributed by atoms with Crippen molar-refractivity contribution in [2.45, 2.75) is 24.0 Å². The molecule has 184 valence electrons. The fourth-order valence-corrected chi connectivity index (χ4v) is 7.89. The quantitative estimate of drug-likeness (QED) is 0.519. The van der Waals surface area contributed by atoms with Crippen molar-refractivity contribution in [2.24, 2.45) is 5.92 Å². The van der Waals surface area contributed by atoms with E-state index in [1.165, 1.54) is 32.5 Å². The molecule has 1 aromatic heterocycles. The van der Waals surface area contributed by atoms with Gasteiger partial charge in [0.15, 0.2) is 0 Å². The number of anilines is 1. The van der Waals surface area contributed by atoms with Crippen LogP contribution in [0.2, 0.25) is 0 Å². The van der Waals surface area contributed by atoms with Crippen LogP contribution in [0.5, 0.6) is 0 Å². The molecule has 2 atom stereocenters. The first-order chi connectivity index (χ1) is 16.8. The van der Waals surface area contributed by atoms with E-state index in [0.29, 0.717) is 23.8 Å². The normalized spacial score (nSPS) is 21.4. The second kappa shape index (κ2) is 9.76. The van der Waals surface area contributed by atoms with Gasteiger partial charge in [-0.1, -0.05) is 48.5 Å². The molecule has 0 aliphatic carbocycles. The van der Waals surface area contributed by atoms with Gasteiger partial charge in [0.1, 0.15) is 4.21 Å². The Morgan fingerprint density at radius 2 is 1.66 bits per heavy atom. The lowest BCUT2D eigenvalue weighted by Crippen LogP contribution is -2.51. The summed E-state index contributed by atoms with van der Waals surface area (Å²) in [5.74, 6) is -0.488. The van der Waals surface area contributed by atoms with Crippen molar-refractivity contribution in [2.75, 3.05) is 44.2 Å². The Morgan fingerprint density at radius 1 is 0.914 bits per heavy atom. The average Bonchev–Trinajstić information content (AvgIpc) is 3.57. The molecule has 5 rings (SSSR count). The molecule has 2 aliphatic heterocycles. The van der Waals surface area contributed by atoms with Crippen LogP contribution in [0.15, 0.2) is 70.3 Å². The van der Waals surface area contributed by atoms with Crippen LogP contribution in [0.25, 0.3) is 0 Å². The maximum absolute atomic E-state index is 13.8. The van der Waals surface area contributed by atoms with Crippen molar-refractivity contribution >= 4 is 33.0 Å². The number of amides is 1. The minimum Gasteiger partial charge on any atom is -0.368 e. The van der Waals surface area contributed by atoms with Gasteiger partial charge in [-0.15, -0.1) is 11.3 Å². The van der Waals surface area contributed by atoms with Gasteiger partial charge in [-0.05, 0) is 48.1 Å². The first-order valence-corrected chi connectivity index (χ1v) is 14.4. The van der Waals surface area contributed by atoms with Crippen molar-refractivity contribution in [1.29, 1.82) is 0 Å². The predicted molar refractivity (Wildman–Crippen MR) is 140 cm³/mol. The van der Waals surface area contributed by atoms with Crippen molar-refractivity contribution in [1.82, 2.24) is 9.21 Å². The number of benzene rings is 2. The Kier molecular flexibility index (Phi) is 6.70. The highest BCUT2D eigenvalue weighted by Crippen LogP contribution is 2.38. The summed E-state index contributed by atoms with van der Waals surface area (Å²) in [6, 6.07) is 19.7. The molecule has 2 fully saturated rings. The second-order valence-electron chi connectivity index (χ2n) is 9.48. The lowest BCUT2D eigenvalue weighted by atomic mass is 9.88. The molecule has 3 aromatic rings. The smallest absolute Gasteiger partial charge is 0.252 e. The number of piperazine rings is 1. The minimum absolute atomic E-state index is 0.0587. The predicted octanol–water partition coefficient (Wildman–Crippen LogP) is 4.12. The van der Waals surface area contributed by atoms with Gasteiger partial charge in [-0.25, -0.2) is 8.42 Å². The number of nitrogens with zero attached hydrogens (tertiary/aromatic N) is 3. The molecule has 1 amide bonds. The zero-order valence-electron chi connectivity index (χ0n) is 20.1. The molecule has 3 heterocycles. The standard InChI is InChI=1S/C27H31N3O3S2/c1-20-10-11-21(2)25(17-20)28-12-14-29(15-13-28)27(31)24-19-30(35(32,33)26-9-6-16-34-26)18-23(24)22-7-4-3-5-8-22/h3-11,16-17,23-24H,12-15,18-19H2,1-2H3/t23-,24-/m0/s1. The van der Waals surface area contributed by atoms with Gasteiger partial charge in [0, 0.05) is 50.9 Å². The number of hydrogen-bond acceptors (Lipinski definition) is 5. The van der Waals surface area contributed by atoms with E-state index in [0.717, 1.165) is 18.7 Å². The highest BCUT2D eigenvalue weighted by Gasteiger charge is 2.45. The number of sulfonamides is 1. The lowest BCUT2D eigenvalue weighted by molar-refractivity contribution is -0.135. The van der Waals surface area contributed by atoms with E-state index >= 15 is 0 Å². The van der Waals surface area contributed by atoms with Crippen LogP contribution in [0.4, 0.5) is 5.69 Å². The van der Waals surface area contributed by atoms with Crippen molar-refractivity contribution < 1.29 is 13.2 Å². The number of aryl methyl sites for hydroxylation is 2. The van der Waals surface area contributed by atoms with Gasteiger partial charge < -0.3 is 9.80 Å². The molecule has 2 saturated heterocycles. The Morgan fingerprint density at radius 3 is 2.34 bits per heavy atom. The summed E-state index contributed by atoms with van der Waals surface area (Å²) >= 11 is 1.22. The molecular formula is C27H31N3O3S2. The first kappa shape index (κ1) is 24.0. The van der Waals surface area contributed by atoms with Crippen LogP contribution < -0.4 is 4.90 Å². The maximum Gasteiger partial charge on any atom is 0.252 e. The molecule has 2 aliphatic rings. The molecule has 0 unspecified atom stereocenters. The molecular weight excluding hydrogens is 478 g/mol. The monoisotopic (exact) mass is 509 g/mol. The summed E-state index contributed by atoms with van der Waals surface area (Å²) in [5.41, 5.74) is 4.72. The lowest BCUT2D eigenvalue weighted by Gasteiger charge is -2.38. The second-order valence-corrected chi connectivity index (χ2v) is 12.6. The van der Waals surface area contributed by atoms with E-state index in [-0.39, 0.29) is 24.3 Å². The van der Waals surface area contributed by atoms with Crippen LogP contribution in [0, 0.1) is 19.8 Å². The van der Waals surface area contributed by atoms with Gasteiger partial charge in [-0.3, -0.25) is 4.79 Å². The third-order valence-electron chi connectivity index (χ3n) is 7.22. The Hall–Kier alpha value is -2.68. The summed E-state index contributed by atoms with van der Waals surface area (Å²) in [6.07, 6.45) is 0. The van der Waals surface area contributed by atoms with Gasteiger partial charge in [-0.2, -0.15) is 4.31 Å².